The number of rotatable bonds is 5. The highest BCUT2D eigenvalue weighted by atomic mass is 28.4. The quantitative estimate of drug-likeness (QED) is 0.306. The van der Waals surface area contributed by atoms with Crippen LogP contribution in [0.15, 0.2) is 36.4 Å². The first-order valence-electron chi connectivity index (χ1n) is 11.2. The lowest BCUT2D eigenvalue weighted by molar-refractivity contribution is -0.143. The van der Waals surface area contributed by atoms with Gasteiger partial charge in [0.2, 0.25) is 0 Å². The van der Waals surface area contributed by atoms with Gasteiger partial charge in [-0.05, 0) is 87.4 Å². The Morgan fingerprint density at radius 2 is 1.08 bits per heavy atom. The summed E-state index contributed by atoms with van der Waals surface area (Å²) in [6, 6.07) is 3.23. The molecule has 2 atom stereocenters. The maximum atomic E-state index is 13.8. The summed E-state index contributed by atoms with van der Waals surface area (Å²) in [5.74, 6) is 0. The standard InChI is InChI=1S/C24H26F9NOSi/c1-14-8-15(10-17(9-14)22(25,26)27)21(35-36(2,3)4,20-6-5-7-34-20)16-11-18(23(28,29)30)13-19(12-16)24(31,32)33/h8-13,20,34H,5-7H2,1-4H3/t20-,21?/m0/s1. The number of aryl methyl sites for hydroxylation is 1. The Bertz CT molecular complexity index is 1060. The Hall–Kier alpha value is -2.05. The first-order valence-corrected chi connectivity index (χ1v) is 14.6. The van der Waals surface area contributed by atoms with E-state index >= 15 is 0 Å². The third kappa shape index (κ3) is 6.08. The minimum Gasteiger partial charge on any atom is -0.403 e. The Morgan fingerprint density at radius 1 is 0.694 bits per heavy atom. The summed E-state index contributed by atoms with van der Waals surface area (Å²) in [5, 5.41) is 3.06. The smallest absolute Gasteiger partial charge is 0.403 e. The van der Waals surface area contributed by atoms with Gasteiger partial charge in [0.05, 0.1) is 16.7 Å². The largest absolute Gasteiger partial charge is 0.416 e. The van der Waals surface area contributed by atoms with E-state index in [-0.39, 0.29) is 23.6 Å². The Balaban J connectivity index is 2.49. The van der Waals surface area contributed by atoms with Crippen molar-refractivity contribution in [2.45, 2.75) is 69.6 Å². The maximum Gasteiger partial charge on any atom is 0.416 e. The molecule has 1 heterocycles. The molecule has 2 nitrogen and oxygen atoms in total. The van der Waals surface area contributed by atoms with Crippen molar-refractivity contribution < 1.29 is 43.9 Å². The average Bonchev–Trinajstić information content (AvgIpc) is 3.23. The van der Waals surface area contributed by atoms with Crippen molar-refractivity contribution in [2.24, 2.45) is 0 Å². The van der Waals surface area contributed by atoms with Crippen LogP contribution in [0.1, 0.15) is 46.2 Å². The van der Waals surface area contributed by atoms with Gasteiger partial charge in [0.15, 0.2) is 8.32 Å². The van der Waals surface area contributed by atoms with Crippen molar-refractivity contribution in [1.29, 1.82) is 0 Å². The van der Waals surface area contributed by atoms with E-state index in [9.17, 15) is 39.5 Å². The van der Waals surface area contributed by atoms with Crippen LogP contribution in [0.3, 0.4) is 0 Å². The van der Waals surface area contributed by atoms with E-state index in [0.29, 0.717) is 25.1 Å². The molecule has 1 fully saturated rings. The van der Waals surface area contributed by atoms with Gasteiger partial charge in [-0.1, -0.05) is 11.6 Å². The molecule has 0 spiro atoms. The van der Waals surface area contributed by atoms with Gasteiger partial charge in [-0.15, -0.1) is 0 Å². The molecule has 0 aliphatic carbocycles. The van der Waals surface area contributed by atoms with Crippen LogP contribution in [0.25, 0.3) is 0 Å². The van der Waals surface area contributed by atoms with Crippen LogP contribution in [-0.2, 0) is 28.6 Å². The predicted octanol–water partition coefficient (Wildman–Crippen LogP) is 7.90. The highest BCUT2D eigenvalue weighted by Crippen LogP contribution is 2.47. The van der Waals surface area contributed by atoms with Gasteiger partial charge in [-0.25, -0.2) is 0 Å². The van der Waals surface area contributed by atoms with Crippen LogP contribution in [0.4, 0.5) is 39.5 Å². The molecule has 0 aromatic heterocycles. The molecule has 200 valence electrons. The number of halogens is 9. The fraction of sp³-hybridized carbons (Fsp3) is 0.500. The van der Waals surface area contributed by atoms with E-state index in [1.807, 2.05) is 0 Å². The zero-order valence-corrected chi connectivity index (χ0v) is 21.0. The second-order valence-electron chi connectivity index (χ2n) is 9.98. The van der Waals surface area contributed by atoms with Gasteiger partial charge in [-0.3, -0.25) is 0 Å². The summed E-state index contributed by atoms with van der Waals surface area (Å²) in [7, 11) is -2.82. The van der Waals surface area contributed by atoms with Crippen molar-refractivity contribution in [3.05, 3.63) is 69.8 Å². The normalized spacial score (nSPS) is 19.4. The Kier molecular flexibility index (Phi) is 7.41. The molecule has 2 aromatic carbocycles. The Morgan fingerprint density at radius 3 is 1.47 bits per heavy atom. The second-order valence-corrected chi connectivity index (χ2v) is 14.4. The molecule has 2 aromatic rings. The molecular formula is C24H26F9NOSi. The first-order chi connectivity index (χ1) is 16.2. The van der Waals surface area contributed by atoms with Crippen molar-refractivity contribution in [2.75, 3.05) is 6.54 Å². The summed E-state index contributed by atoms with van der Waals surface area (Å²) in [6.07, 6.45) is -14.3. The number of hydrogen-bond donors (Lipinski definition) is 1. The molecule has 3 rings (SSSR count). The summed E-state index contributed by atoms with van der Waals surface area (Å²) < 4.78 is 130. The fourth-order valence-corrected chi connectivity index (χ4v) is 5.95. The molecule has 36 heavy (non-hydrogen) atoms. The average molecular weight is 544 g/mol. The minimum atomic E-state index is -5.13. The monoisotopic (exact) mass is 543 g/mol. The Labute approximate surface area is 204 Å². The fourth-order valence-electron chi connectivity index (χ4n) is 4.60. The van der Waals surface area contributed by atoms with Crippen molar-refractivity contribution >= 4 is 8.32 Å². The lowest BCUT2D eigenvalue weighted by Crippen LogP contribution is -2.53. The van der Waals surface area contributed by atoms with Crippen LogP contribution in [0.5, 0.6) is 0 Å². The zero-order valence-electron chi connectivity index (χ0n) is 20.0. The van der Waals surface area contributed by atoms with Crippen molar-refractivity contribution in [3.8, 4) is 0 Å². The van der Waals surface area contributed by atoms with Crippen LogP contribution in [0, 0.1) is 6.92 Å². The molecule has 1 aliphatic rings. The molecule has 1 unspecified atom stereocenters. The molecule has 1 aliphatic heterocycles. The van der Waals surface area contributed by atoms with Crippen LogP contribution >= 0.6 is 0 Å². The van der Waals surface area contributed by atoms with Crippen molar-refractivity contribution in [1.82, 2.24) is 5.32 Å². The lowest BCUT2D eigenvalue weighted by atomic mass is 9.77. The topological polar surface area (TPSA) is 21.3 Å². The van der Waals surface area contributed by atoms with E-state index in [2.05, 4.69) is 5.32 Å². The molecule has 0 bridgehead atoms. The van der Waals surface area contributed by atoms with E-state index in [1.54, 1.807) is 19.6 Å². The molecule has 0 amide bonds. The molecule has 0 saturated carbocycles. The summed E-state index contributed by atoms with van der Waals surface area (Å²) in [6.45, 7) is 6.79. The molecular weight excluding hydrogens is 517 g/mol. The van der Waals surface area contributed by atoms with E-state index in [0.717, 1.165) is 12.1 Å². The van der Waals surface area contributed by atoms with E-state index in [1.165, 1.54) is 13.0 Å². The van der Waals surface area contributed by atoms with Gasteiger partial charge in [0.1, 0.15) is 5.60 Å². The molecule has 0 radical (unpaired) electrons. The second kappa shape index (κ2) is 9.36. The van der Waals surface area contributed by atoms with Gasteiger partial charge < -0.3 is 9.74 Å². The number of nitrogens with one attached hydrogen (secondary N) is 1. The summed E-state index contributed by atoms with van der Waals surface area (Å²) in [4.78, 5) is 0. The van der Waals surface area contributed by atoms with Gasteiger partial charge in [0, 0.05) is 6.04 Å². The number of benzene rings is 2. The number of hydrogen-bond acceptors (Lipinski definition) is 2. The van der Waals surface area contributed by atoms with Gasteiger partial charge >= 0.3 is 18.5 Å². The first kappa shape index (κ1) is 28.5. The summed E-state index contributed by atoms with van der Waals surface area (Å²) >= 11 is 0. The maximum absolute atomic E-state index is 13.8. The molecule has 12 heteroatoms. The minimum absolute atomic E-state index is 0.00222. The van der Waals surface area contributed by atoms with Crippen LogP contribution in [-0.4, -0.2) is 20.9 Å². The third-order valence-electron chi connectivity index (χ3n) is 5.87. The van der Waals surface area contributed by atoms with E-state index < -0.39 is 60.7 Å². The van der Waals surface area contributed by atoms with Gasteiger partial charge in [-0.2, -0.15) is 39.5 Å². The van der Waals surface area contributed by atoms with Crippen LogP contribution in [0.2, 0.25) is 19.6 Å². The molecule has 1 N–H and O–H groups in total. The highest BCUT2D eigenvalue weighted by molar-refractivity contribution is 6.69. The van der Waals surface area contributed by atoms with E-state index in [4.69, 9.17) is 4.43 Å². The lowest BCUT2D eigenvalue weighted by Gasteiger charge is -2.45. The van der Waals surface area contributed by atoms with Gasteiger partial charge in [0.25, 0.3) is 0 Å². The van der Waals surface area contributed by atoms with Crippen molar-refractivity contribution in [3.63, 3.8) is 0 Å². The predicted molar refractivity (Wildman–Crippen MR) is 119 cm³/mol. The van der Waals surface area contributed by atoms with Crippen LogP contribution < -0.4 is 5.32 Å². The molecule has 1 saturated heterocycles. The SMILES string of the molecule is Cc1cc(C(F)(F)F)cc(C(O[Si](C)(C)C)(c2cc(C(F)(F)F)cc(C(F)(F)F)c2)[C@@H]2CCCN2)c1. The zero-order chi connectivity index (χ0) is 27.3. The summed E-state index contributed by atoms with van der Waals surface area (Å²) in [5.41, 5.74) is -6.72. The highest BCUT2D eigenvalue weighted by Gasteiger charge is 2.50. The third-order valence-corrected chi connectivity index (χ3v) is 6.80. The number of alkyl halides is 9.